The standard InChI is InChI=1S/C24H30N4O3/c1-14-2-5-18(6-3-14)26-24-25-13-17-10-15(4-9-21(17)27-24)22(29)28-19-7-8-20(28)12-16(11-19)23(30)31/h4,9-10,13-14,16,18-20H,2-3,5-8,11-12H2,1H3,(H,30,31)(H,25,26,27). The van der Waals surface area contributed by atoms with E-state index < -0.39 is 5.97 Å². The van der Waals surface area contributed by atoms with Gasteiger partial charge in [0.1, 0.15) is 0 Å². The van der Waals surface area contributed by atoms with Crippen LogP contribution in [0.3, 0.4) is 0 Å². The first-order chi connectivity index (χ1) is 15.0. The summed E-state index contributed by atoms with van der Waals surface area (Å²) in [6.07, 6.45) is 9.47. The summed E-state index contributed by atoms with van der Waals surface area (Å²) >= 11 is 0. The molecule has 2 aromatic rings. The van der Waals surface area contributed by atoms with Gasteiger partial charge in [0.25, 0.3) is 5.91 Å². The van der Waals surface area contributed by atoms with Crippen LogP contribution in [0.1, 0.15) is 68.6 Å². The van der Waals surface area contributed by atoms with Crippen LogP contribution in [-0.4, -0.2) is 50.0 Å². The number of hydrogen-bond donors (Lipinski definition) is 2. The van der Waals surface area contributed by atoms with Crippen molar-refractivity contribution in [3.8, 4) is 0 Å². The molecular formula is C24H30N4O3. The molecule has 3 heterocycles. The largest absolute Gasteiger partial charge is 0.481 e. The summed E-state index contributed by atoms with van der Waals surface area (Å²) in [6.45, 7) is 2.31. The Balaban J connectivity index is 1.31. The van der Waals surface area contributed by atoms with Gasteiger partial charge in [-0.1, -0.05) is 6.92 Å². The first-order valence-corrected chi connectivity index (χ1v) is 11.6. The van der Waals surface area contributed by atoms with E-state index in [-0.39, 0.29) is 23.9 Å². The first kappa shape index (κ1) is 20.2. The molecule has 1 saturated carbocycles. The third-order valence-electron chi connectivity index (χ3n) is 7.49. The Bertz CT molecular complexity index is 987. The molecule has 2 N–H and O–H groups in total. The maximum Gasteiger partial charge on any atom is 0.306 e. The highest BCUT2D eigenvalue weighted by Crippen LogP contribution is 2.39. The number of fused-ring (bicyclic) bond motifs is 3. The summed E-state index contributed by atoms with van der Waals surface area (Å²) in [6, 6.07) is 6.09. The Kier molecular flexibility index (Phi) is 5.28. The summed E-state index contributed by atoms with van der Waals surface area (Å²) in [5, 5.41) is 13.7. The van der Waals surface area contributed by atoms with Crippen molar-refractivity contribution in [3.63, 3.8) is 0 Å². The van der Waals surface area contributed by atoms with Gasteiger partial charge in [-0.15, -0.1) is 0 Å². The number of aromatic nitrogens is 2. The molecule has 2 aliphatic heterocycles. The van der Waals surface area contributed by atoms with Gasteiger partial charge in [-0.3, -0.25) is 9.59 Å². The minimum absolute atomic E-state index is 0.00299. The number of hydrogen-bond acceptors (Lipinski definition) is 5. The lowest BCUT2D eigenvalue weighted by atomic mass is 9.87. The number of carboxylic acids is 1. The van der Waals surface area contributed by atoms with E-state index in [1.165, 1.54) is 12.8 Å². The molecule has 1 amide bonds. The molecular weight excluding hydrogens is 392 g/mol. The Labute approximate surface area is 182 Å². The number of nitrogens with one attached hydrogen (secondary N) is 1. The number of carboxylic acid groups (broad SMARTS) is 1. The first-order valence-electron chi connectivity index (χ1n) is 11.6. The monoisotopic (exact) mass is 422 g/mol. The molecule has 3 fully saturated rings. The Morgan fingerprint density at radius 1 is 1.06 bits per heavy atom. The number of nitrogens with zero attached hydrogens (tertiary/aromatic N) is 3. The molecule has 0 spiro atoms. The molecule has 2 saturated heterocycles. The predicted octanol–water partition coefficient (Wildman–Crippen LogP) is 4.09. The van der Waals surface area contributed by atoms with Crippen LogP contribution in [0.2, 0.25) is 0 Å². The molecule has 7 heteroatoms. The van der Waals surface area contributed by atoms with Gasteiger partial charge in [0, 0.05) is 35.3 Å². The van der Waals surface area contributed by atoms with Crippen LogP contribution in [0.5, 0.6) is 0 Å². The molecule has 2 atom stereocenters. The summed E-state index contributed by atoms with van der Waals surface area (Å²) in [5.74, 6) is 0.386. The smallest absolute Gasteiger partial charge is 0.306 e. The number of amides is 1. The van der Waals surface area contributed by atoms with E-state index in [4.69, 9.17) is 0 Å². The lowest BCUT2D eigenvalue weighted by Gasteiger charge is -2.37. The molecule has 31 heavy (non-hydrogen) atoms. The Hall–Kier alpha value is -2.70. The van der Waals surface area contributed by atoms with Crippen LogP contribution in [-0.2, 0) is 4.79 Å². The van der Waals surface area contributed by atoms with Crippen LogP contribution in [0.25, 0.3) is 10.9 Å². The van der Waals surface area contributed by atoms with E-state index in [9.17, 15) is 14.7 Å². The van der Waals surface area contributed by atoms with Crippen molar-refractivity contribution in [3.05, 3.63) is 30.0 Å². The highest BCUT2D eigenvalue weighted by Gasteiger charge is 2.45. The van der Waals surface area contributed by atoms with Crippen LogP contribution in [0, 0.1) is 11.8 Å². The number of anilines is 1. The summed E-state index contributed by atoms with van der Waals surface area (Å²) in [4.78, 5) is 35.8. The number of carbonyl (C=O) groups excluding carboxylic acids is 1. The third kappa shape index (κ3) is 3.98. The molecule has 164 valence electrons. The molecule has 1 aliphatic carbocycles. The van der Waals surface area contributed by atoms with Gasteiger partial charge in [0.2, 0.25) is 5.95 Å². The Morgan fingerprint density at radius 3 is 2.45 bits per heavy atom. The normalized spacial score (nSPS) is 30.4. The van der Waals surface area contributed by atoms with Crippen molar-refractivity contribution in [2.75, 3.05) is 5.32 Å². The minimum atomic E-state index is -0.737. The van der Waals surface area contributed by atoms with E-state index in [2.05, 4.69) is 22.2 Å². The molecule has 3 aliphatic rings. The van der Waals surface area contributed by atoms with Gasteiger partial charge >= 0.3 is 5.97 Å². The number of carbonyl (C=O) groups is 2. The zero-order valence-electron chi connectivity index (χ0n) is 18.0. The average molecular weight is 423 g/mol. The fraction of sp³-hybridized carbons (Fsp3) is 0.583. The molecule has 5 rings (SSSR count). The molecule has 0 radical (unpaired) electrons. The average Bonchev–Trinajstić information content (AvgIpc) is 3.03. The lowest BCUT2D eigenvalue weighted by molar-refractivity contribution is -0.144. The van der Waals surface area contributed by atoms with Crippen molar-refractivity contribution in [1.29, 1.82) is 0 Å². The summed E-state index contributed by atoms with van der Waals surface area (Å²) < 4.78 is 0. The second kappa shape index (κ2) is 8.09. The zero-order chi connectivity index (χ0) is 21.5. The summed E-state index contributed by atoms with van der Waals surface area (Å²) in [7, 11) is 0. The number of aliphatic carboxylic acids is 1. The van der Waals surface area contributed by atoms with E-state index in [1.54, 1.807) is 6.20 Å². The zero-order valence-corrected chi connectivity index (χ0v) is 18.0. The van der Waals surface area contributed by atoms with Crippen LogP contribution in [0.15, 0.2) is 24.4 Å². The van der Waals surface area contributed by atoms with E-state index in [0.717, 1.165) is 42.5 Å². The van der Waals surface area contributed by atoms with Gasteiger partial charge in [-0.2, -0.15) is 0 Å². The maximum atomic E-state index is 13.3. The molecule has 2 bridgehead atoms. The van der Waals surface area contributed by atoms with Crippen LogP contribution in [0.4, 0.5) is 5.95 Å². The van der Waals surface area contributed by atoms with Crippen molar-refractivity contribution in [2.45, 2.75) is 76.4 Å². The number of piperidine rings is 1. The second-order valence-corrected chi connectivity index (χ2v) is 9.67. The minimum Gasteiger partial charge on any atom is -0.481 e. The Morgan fingerprint density at radius 2 is 1.77 bits per heavy atom. The second-order valence-electron chi connectivity index (χ2n) is 9.67. The van der Waals surface area contributed by atoms with Gasteiger partial charge in [0.15, 0.2) is 0 Å². The summed E-state index contributed by atoms with van der Waals surface area (Å²) in [5.41, 5.74) is 1.45. The van der Waals surface area contributed by atoms with E-state index in [1.807, 2.05) is 23.1 Å². The fourth-order valence-corrected chi connectivity index (χ4v) is 5.68. The van der Waals surface area contributed by atoms with Gasteiger partial charge < -0.3 is 15.3 Å². The van der Waals surface area contributed by atoms with Crippen molar-refractivity contribution < 1.29 is 14.7 Å². The van der Waals surface area contributed by atoms with E-state index >= 15 is 0 Å². The third-order valence-corrected chi connectivity index (χ3v) is 7.49. The van der Waals surface area contributed by atoms with Gasteiger partial charge in [-0.05, 0) is 75.5 Å². The van der Waals surface area contributed by atoms with Crippen LogP contribution >= 0.6 is 0 Å². The maximum absolute atomic E-state index is 13.3. The van der Waals surface area contributed by atoms with Crippen molar-refractivity contribution >= 4 is 28.7 Å². The van der Waals surface area contributed by atoms with Crippen molar-refractivity contribution in [1.82, 2.24) is 14.9 Å². The van der Waals surface area contributed by atoms with Gasteiger partial charge in [0.05, 0.1) is 11.4 Å². The highest BCUT2D eigenvalue weighted by atomic mass is 16.4. The molecule has 1 aromatic carbocycles. The number of rotatable bonds is 4. The quantitative estimate of drug-likeness (QED) is 0.771. The van der Waals surface area contributed by atoms with Crippen molar-refractivity contribution in [2.24, 2.45) is 11.8 Å². The molecule has 7 nitrogen and oxygen atoms in total. The molecule has 2 unspecified atom stereocenters. The van der Waals surface area contributed by atoms with Gasteiger partial charge in [-0.25, -0.2) is 9.97 Å². The van der Waals surface area contributed by atoms with E-state index in [0.29, 0.717) is 30.4 Å². The lowest BCUT2D eigenvalue weighted by Crippen LogP contribution is -2.47. The molecule has 1 aromatic heterocycles. The highest BCUT2D eigenvalue weighted by molar-refractivity contribution is 5.98. The SMILES string of the molecule is CC1CCC(Nc2ncc3cc(C(=O)N4C5CCC4CC(C(=O)O)C5)ccc3n2)CC1. The predicted molar refractivity (Wildman–Crippen MR) is 118 cm³/mol. The topological polar surface area (TPSA) is 95.4 Å². The number of benzene rings is 1. The fourth-order valence-electron chi connectivity index (χ4n) is 5.68. The van der Waals surface area contributed by atoms with Crippen LogP contribution < -0.4 is 5.32 Å².